The summed E-state index contributed by atoms with van der Waals surface area (Å²) in [6, 6.07) is 14.5. The van der Waals surface area contributed by atoms with Crippen LogP contribution in [0.15, 0.2) is 70.8 Å². The molecular formula is C19H17FN2O4S. The first-order valence-corrected chi connectivity index (χ1v) is 9.51. The Morgan fingerprint density at radius 1 is 1.07 bits per heavy atom. The van der Waals surface area contributed by atoms with Gasteiger partial charge in [0.1, 0.15) is 12.4 Å². The molecule has 0 atom stereocenters. The number of rotatable bonds is 5. The Morgan fingerprint density at radius 2 is 1.74 bits per heavy atom. The first-order valence-electron chi connectivity index (χ1n) is 8.11. The molecule has 0 spiro atoms. The van der Waals surface area contributed by atoms with Gasteiger partial charge in [0, 0.05) is 6.20 Å². The molecule has 1 aliphatic rings. The SMILES string of the molecule is CC1=NS(=O)(=O)N(Cc2ccccc2)C=C1C(=O)OCc1ccc(F)cc1. The zero-order chi connectivity index (χ0) is 19.4. The molecule has 0 aliphatic carbocycles. The fraction of sp³-hybridized carbons (Fsp3) is 0.158. The third-order valence-corrected chi connectivity index (χ3v) is 5.23. The van der Waals surface area contributed by atoms with Crippen LogP contribution < -0.4 is 0 Å². The fourth-order valence-electron chi connectivity index (χ4n) is 2.48. The van der Waals surface area contributed by atoms with E-state index in [4.69, 9.17) is 4.74 Å². The van der Waals surface area contributed by atoms with E-state index >= 15 is 0 Å². The number of carbonyl (C=O) groups is 1. The Hall–Kier alpha value is -3.00. The van der Waals surface area contributed by atoms with Crippen molar-refractivity contribution in [3.8, 4) is 0 Å². The summed E-state index contributed by atoms with van der Waals surface area (Å²) >= 11 is 0. The molecule has 6 nitrogen and oxygen atoms in total. The summed E-state index contributed by atoms with van der Waals surface area (Å²) in [6.45, 7) is 1.42. The summed E-state index contributed by atoms with van der Waals surface area (Å²) < 4.78 is 47.4. The summed E-state index contributed by atoms with van der Waals surface area (Å²) in [5.41, 5.74) is 1.49. The number of carbonyl (C=O) groups excluding carboxylic acids is 1. The Kier molecular flexibility index (Phi) is 5.36. The number of halogens is 1. The molecule has 27 heavy (non-hydrogen) atoms. The number of benzene rings is 2. The highest BCUT2D eigenvalue weighted by Crippen LogP contribution is 2.20. The standard InChI is InChI=1S/C19H17FN2O4S/c1-14-18(19(23)26-13-16-7-9-17(20)10-8-16)12-22(27(24,25)21-14)11-15-5-3-2-4-6-15/h2-10,12H,11,13H2,1H3. The van der Waals surface area contributed by atoms with Crippen molar-refractivity contribution in [1.82, 2.24) is 4.31 Å². The van der Waals surface area contributed by atoms with Crippen LogP contribution in [0.1, 0.15) is 18.1 Å². The van der Waals surface area contributed by atoms with Gasteiger partial charge in [-0.2, -0.15) is 8.42 Å². The first-order chi connectivity index (χ1) is 12.8. The molecule has 3 rings (SSSR count). The molecule has 0 amide bonds. The number of esters is 1. The van der Waals surface area contributed by atoms with E-state index < -0.39 is 16.2 Å². The van der Waals surface area contributed by atoms with Crippen molar-refractivity contribution in [2.45, 2.75) is 20.1 Å². The third kappa shape index (κ3) is 4.59. The monoisotopic (exact) mass is 388 g/mol. The van der Waals surface area contributed by atoms with E-state index in [0.29, 0.717) is 5.56 Å². The molecule has 2 aromatic carbocycles. The van der Waals surface area contributed by atoms with E-state index in [9.17, 15) is 17.6 Å². The maximum atomic E-state index is 12.9. The van der Waals surface area contributed by atoms with Crippen molar-refractivity contribution < 1.29 is 22.3 Å². The van der Waals surface area contributed by atoms with Gasteiger partial charge in [0.2, 0.25) is 0 Å². The average molecular weight is 388 g/mol. The van der Waals surface area contributed by atoms with Crippen LogP contribution in [0.3, 0.4) is 0 Å². The van der Waals surface area contributed by atoms with E-state index in [2.05, 4.69) is 4.40 Å². The lowest BCUT2D eigenvalue weighted by Crippen LogP contribution is -2.31. The zero-order valence-corrected chi connectivity index (χ0v) is 15.3. The Bertz CT molecular complexity index is 1000. The van der Waals surface area contributed by atoms with E-state index in [1.165, 1.54) is 37.4 Å². The quantitative estimate of drug-likeness (QED) is 0.738. The second kappa shape index (κ2) is 7.71. The van der Waals surface area contributed by atoms with Gasteiger partial charge in [-0.15, -0.1) is 4.40 Å². The lowest BCUT2D eigenvalue weighted by molar-refractivity contribution is -0.139. The molecule has 8 heteroatoms. The minimum Gasteiger partial charge on any atom is -0.457 e. The number of nitrogens with zero attached hydrogens (tertiary/aromatic N) is 2. The molecule has 0 bridgehead atoms. The lowest BCUT2D eigenvalue weighted by Gasteiger charge is -2.23. The predicted molar refractivity (Wildman–Crippen MR) is 98.3 cm³/mol. The number of ether oxygens (including phenoxy) is 1. The van der Waals surface area contributed by atoms with E-state index in [1.807, 2.05) is 6.07 Å². The second-order valence-electron chi connectivity index (χ2n) is 5.93. The van der Waals surface area contributed by atoms with Crippen LogP contribution >= 0.6 is 0 Å². The van der Waals surface area contributed by atoms with Crippen LogP contribution in [-0.4, -0.2) is 24.4 Å². The van der Waals surface area contributed by atoms with Crippen LogP contribution in [0.5, 0.6) is 0 Å². The summed E-state index contributed by atoms with van der Waals surface area (Å²) in [4.78, 5) is 12.4. The molecular weight excluding hydrogens is 371 g/mol. The molecule has 1 aliphatic heterocycles. The normalized spacial score (nSPS) is 15.7. The van der Waals surface area contributed by atoms with E-state index in [1.54, 1.807) is 24.3 Å². The van der Waals surface area contributed by atoms with Crippen molar-refractivity contribution in [3.63, 3.8) is 0 Å². The van der Waals surface area contributed by atoms with Gasteiger partial charge in [-0.25, -0.2) is 9.18 Å². The van der Waals surface area contributed by atoms with Gasteiger partial charge < -0.3 is 4.74 Å². The van der Waals surface area contributed by atoms with Crippen molar-refractivity contribution >= 4 is 21.9 Å². The van der Waals surface area contributed by atoms with Crippen LogP contribution in [0.4, 0.5) is 4.39 Å². The maximum absolute atomic E-state index is 12.9. The fourth-order valence-corrected chi connectivity index (χ4v) is 3.58. The molecule has 1 heterocycles. The van der Waals surface area contributed by atoms with Gasteiger partial charge in [0.25, 0.3) is 0 Å². The summed E-state index contributed by atoms with van der Waals surface area (Å²) in [7, 11) is -3.91. The van der Waals surface area contributed by atoms with Crippen LogP contribution in [0.25, 0.3) is 0 Å². The van der Waals surface area contributed by atoms with Crippen LogP contribution in [0.2, 0.25) is 0 Å². The van der Waals surface area contributed by atoms with Crippen molar-refractivity contribution in [2.24, 2.45) is 4.40 Å². The van der Waals surface area contributed by atoms with E-state index in [0.717, 1.165) is 9.87 Å². The number of hydrogen-bond donors (Lipinski definition) is 0. The smallest absolute Gasteiger partial charge is 0.344 e. The molecule has 2 aromatic rings. The molecule has 0 fully saturated rings. The summed E-state index contributed by atoms with van der Waals surface area (Å²) in [6.07, 6.45) is 1.23. The summed E-state index contributed by atoms with van der Waals surface area (Å²) in [5, 5.41) is 0. The van der Waals surface area contributed by atoms with Crippen LogP contribution in [0, 0.1) is 5.82 Å². The molecule has 0 radical (unpaired) electrons. The highest BCUT2D eigenvalue weighted by molar-refractivity contribution is 7.88. The molecule has 140 valence electrons. The molecule has 0 aromatic heterocycles. The Labute approximate surface area is 156 Å². The second-order valence-corrected chi connectivity index (χ2v) is 7.48. The third-order valence-electron chi connectivity index (χ3n) is 3.90. The molecule has 0 saturated carbocycles. The summed E-state index contributed by atoms with van der Waals surface area (Å²) in [5.74, 6) is -1.08. The topological polar surface area (TPSA) is 76.0 Å². The minimum absolute atomic E-state index is 0.0503. The molecule has 0 unspecified atom stereocenters. The van der Waals surface area contributed by atoms with Gasteiger partial charge in [0.15, 0.2) is 0 Å². The lowest BCUT2D eigenvalue weighted by atomic mass is 10.2. The zero-order valence-electron chi connectivity index (χ0n) is 14.5. The minimum atomic E-state index is -3.91. The van der Waals surface area contributed by atoms with Crippen LogP contribution in [-0.2, 0) is 32.9 Å². The number of hydrogen-bond acceptors (Lipinski definition) is 4. The van der Waals surface area contributed by atoms with Crippen molar-refractivity contribution in [3.05, 3.63) is 83.3 Å². The van der Waals surface area contributed by atoms with Gasteiger partial charge >= 0.3 is 16.2 Å². The van der Waals surface area contributed by atoms with Gasteiger partial charge in [0.05, 0.1) is 17.8 Å². The van der Waals surface area contributed by atoms with Gasteiger partial charge in [-0.3, -0.25) is 4.31 Å². The highest BCUT2D eigenvalue weighted by Gasteiger charge is 2.29. The first kappa shape index (κ1) is 18.8. The Morgan fingerprint density at radius 3 is 2.41 bits per heavy atom. The van der Waals surface area contributed by atoms with Crippen molar-refractivity contribution in [1.29, 1.82) is 0 Å². The van der Waals surface area contributed by atoms with Gasteiger partial charge in [-0.05, 0) is 30.2 Å². The van der Waals surface area contributed by atoms with Crippen molar-refractivity contribution in [2.75, 3.05) is 0 Å². The van der Waals surface area contributed by atoms with Gasteiger partial charge in [-0.1, -0.05) is 42.5 Å². The predicted octanol–water partition coefficient (Wildman–Crippen LogP) is 2.97. The average Bonchev–Trinajstić information content (AvgIpc) is 2.63. The molecule has 0 N–H and O–H groups in total. The highest BCUT2D eigenvalue weighted by atomic mass is 32.2. The molecule has 0 saturated heterocycles. The largest absolute Gasteiger partial charge is 0.457 e. The maximum Gasteiger partial charge on any atom is 0.344 e. The van der Waals surface area contributed by atoms with E-state index in [-0.39, 0.29) is 30.3 Å². The Balaban J connectivity index is 1.76.